The van der Waals surface area contributed by atoms with Crippen LogP contribution in [0.3, 0.4) is 0 Å². The normalized spacial score (nSPS) is 11.5. The number of benzene rings is 2. The molecule has 2 amide bonds. The Kier molecular flexibility index (Phi) is 8.00. The Morgan fingerprint density at radius 3 is 2.22 bits per heavy atom. The summed E-state index contributed by atoms with van der Waals surface area (Å²) in [7, 11) is -2.02. The van der Waals surface area contributed by atoms with Gasteiger partial charge in [-0.25, -0.2) is 0 Å². The Morgan fingerprint density at radius 1 is 1.07 bits per heavy atom. The van der Waals surface area contributed by atoms with Crippen LogP contribution in [0.1, 0.15) is 22.8 Å². The lowest BCUT2D eigenvalue weighted by Crippen LogP contribution is -2.47. The minimum Gasteiger partial charge on any atom is -0.402 e. The number of nitrogens with zero attached hydrogens (tertiary/aromatic N) is 1. The van der Waals surface area contributed by atoms with Crippen molar-refractivity contribution in [2.75, 3.05) is 13.1 Å². The Balaban J connectivity index is 1.99. The highest BCUT2D eigenvalue weighted by Gasteiger charge is 2.23. The van der Waals surface area contributed by atoms with Crippen molar-refractivity contribution in [3.8, 4) is 0 Å². The number of amides is 2. The topological polar surface area (TPSA) is 99.1 Å². The lowest BCUT2D eigenvalue weighted by atomic mass is 10.1. The van der Waals surface area contributed by atoms with E-state index in [9.17, 15) is 9.59 Å². The summed E-state index contributed by atoms with van der Waals surface area (Å²) in [6, 6.07) is 17.9. The number of carbonyl (C=O) groups is 2. The fourth-order valence-electron chi connectivity index (χ4n) is 2.60. The van der Waals surface area contributed by atoms with E-state index in [-0.39, 0.29) is 18.9 Å². The Morgan fingerprint density at radius 2 is 1.67 bits per heavy atom. The Bertz CT molecular complexity index is 727. The summed E-state index contributed by atoms with van der Waals surface area (Å²) < 4.78 is 4.96. The Labute approximate surface area is 158 Å². The fraction of sp³-hybridized carbons (Fsp3) is 0.263. The first kappa shape index (κ1) is 20.6. The third-order valence-corrected chi connectivity index (χ3v) is 3.90. The smallest absolute Gasteiger partial charge is 0.402 e. The molecule has 0 fully saturated rings. The van der Waals surface area contributed by atoms with Crippen LogP contribution in [0, 0.1) is 0 Å². The van der Waals surface area contributed by atoms with Crippen LogP contribution in [0.2, 0.25) is 0 Å². The molecule has 7 nitrogen and oxygen atoms in total. The maximum absolute atomic E-state index is 12.5. The number of carbonyl (C=O) groups excluding carboxylic acids is 2. The van der Waals surface area contributed by atoms with E-state index in [0.717, 1.165) is 5.56 Å². The lowest BCUT2D eigenvalue weighted by molar-refractivity contribution is -0.124. The standard InChI is InChI=1S/C19H23BN2O5/c1-2-22(19(24)16-11-7-4-8-12-16)14-17(23)21-18(27-20(25)26)13-15-9-5-3-6-10-15/h3-12,18,25-26H,2,13-14H2,1H3,(H,21,23)/t18-/m1/s1. The van der Waals surface area contributed by atoms with Gasteiger partial charge in [0.2, 0.25) is 5.91 Å². The van der Waals surface area contributed by atoms with Crippen molar-refractivity contribution >= 4 is 19.1 Å². The van der Waals surface area contributed by atoms with E-state index in [1.54, 1.807) is 31.2 Å². The van der Waals surface area contributed by atoms with Crippen LogP contribution in [-0.4, -0.2) is 53.4 Å². The van der Waals surface area contributed by atoms with Crippen LogP contribution in [-0.2, 0) is 15.9 Å². The monoisotopic (exact) mass is 370 g/mol. The van der Waals surface area contributed by atoms with E-state index in [0.29, 0.717) is 12.1 Å². The molecule has 142 valence electrons. The molecule has 0 aliphatic rings. The molecule has 0 bridgehead atoms. The fourth-order valence-corrected chi connectivity index (χ4v) is 2.60. The van der Waals surface area contributed by atoms with Gasteiger partial charge >= 0.3 is 7.32 Å². The van der Waals surface area contributed by atoms with Crippen molar-refractivity contribution < 1.29 is 24.3 Å². The molecule has 0 saturated carbocycles. The van der Waals surface area contributed by atoms with Gasteiger partial charge in [0.25, 0.3) is 5.91 Å². The summed E-state index contributed by atoms with van der Waals surface area (Å²) in [4.78, 5) is 26.3. The summed E-state index contributed by atoms with van der Waals surface area (Å²) in [6.45, 7) is 1.97. The second kappa shape index (κ2) is 10.5. The van der Waals surface area contributed by atoms with Crippen molar-refractivity contribution in [3.63, 3.8) is 0 Å². The van der Waals surface area contributed by atoms with Gasteiger partial charge in [-0.1, -0.05) is 48.5 Å². The quantitative estimate of drug-likeness (QED) is 0.448. The maximum atomic E-state index is 12.5. The van der Waals surface area contributed by atoms with Gasteiger partial charge in [-0.05, 0) is 24.6 Å². The second-order valence-electron chi connectivity index (χ2n) is 5.89. The minimum absolute atomic E-state index is 0.166. The first-order valence-electron chi connectivity index (χ1n) is 8.68. The highest BCUT2D eigenvalue weighted by atomic mass is 16.6. The van der Waals surface area contributed by atoms with Gasteiger partial charge in [-0.15, -0.1) is 0 Å². The molecule has 0 aliphatic carbocycles. The second-order valence-corrected chi connectivity index (χ2v) is 5.89. The Hall–Kier alpha value is -2.68. The number of rotatable bonds is 9. The van der Waals surface area contributed by atoms with Crippen LogP contribution >= 0.6 is 0 Å². The number of hydrogen-bond donors (Lipinski definition) is 3. The number of hydrogen-bond acceptors (Lipinski definition) is 5. The maximum Gasteiger partial charge on any atom is 0.635 e. The zero-order valence-corrected chi connectivity index (χ0v) is 15.1. The molecule has 0 spiro atoms. The number of nitrogens with one attached hydrogen (secondary N) is 1. The van der Waals surface area contributed by atoms with Crippen LogP contribution in [0.25, 0.3) is 0 Å². The molecule has 2 aromatic rings. The summed E-state index contributed by atoms with van der Waals surface area (Å²) in [5.41, 5.74) is 1.35. The molecule has 0 radical (unpaired) electrons. The van der Waals surface area contributed by atoms with Gasteiger partial charge < -0.3 is 24.9 Å². The molecule has 0 aliphatic heterocycles. The third-order valence-electron chi connectivity index (χ3n) is 3.90. The first-order valence-corrected chi connectivity index (χ1v) is 8.68. The van der Waals surface area contributed by atoms with Crippen LogP contribution < -0.4 is 5.32 Å². The van der Waals surface area contributed by atoms with Gasteiger partial charge in [0.05, 0.1) is 6.54 Å². The third kappa shape index (κ3) is 6.86. The molecule has 3 N–H and O–H groups in total. The molecule has 0 unspecified atom stereocenters. The summed E-state index contributed by atoms with van der Waals surface area (Å²) >= 11 is 0. The van der Waals surface area contributed by atoms with Crippen molar-refractivity contribution in [3.05, 3.63) is 71.8 Å². The van der Waals surface area contributed by atoms with Gasteiger partial charge in [0.1, 0.15) is 6.23 Å². The molecule has 0 aromatic heterocycles. The highest BCUT2D eigenvalue weighted by Crippen LogP contribution is 2.07. The van der Waals surface area contributed by atoms with E-state index in [4.69, 9.17) is 14.7 Å². The lowest BCUT2D eigenvalue weighted by Gasteiger charge is -2.24. The predicted octanol–water partition coefficient (Wildman–Crippen LogP) is 0.820. The van der Waals surface area contributed by atoms with Crippen molar-refractivity contribution in [2.24, 2.45) is 0 Å². The zero-order chi connectivity index (χ0) is 19.6. The predicted molar refractivity (Wildman–Crippen MR) is 101 cm³/mol. The van der Waals surface area contributed by atoms with E-state index in [1.807, 2.05) is 36.4 Å². The molecule has 1 atom stereocenters. The molecule has 2 rings (SSSR count). The molecule has 27 heavy (non-hydrogen) atoms. The van der Waals surface area contributed by atoms with E-state index in [1.165, 1.54) is 4.90 Å². The summed E-state index contributed by atoms with van der Waals surface area (Å²) in [5, 5.41) is 20.8. The van der Waals surface area contributed by atoms with Gasteiger partial charge in [0, 0.05) is 18.5 Å². The molecule has 0 heterocycles. The average Bonchev–Trinajstić information content (AvgIpc) is 2.66. The van der Waals surface area contributed by atoms with E-state index < -0.39 is 19.5 Å². The van der Waals surface area contributed by atoms with Gasteiger partial charge in [-0.2, -0.15) is 0 Å². The molecule has 8 heteroatoms. The largest absolute Gasteiger partial charge is 0.635 e. The van der Waals surface area contributed by atoms with Crippen molar-refractivity contribution in [1.82, 2.24) is 10.2 Å². The molecule has 2 aromatic carbocycles. The highest BCUT2D eigenvalue weighted by molar-refractivity contribution is 6.32. The van der Waals surface area contributed by atoms with Crippen molar-refractivity contribution in [1.29, 1.82) is 0 Å². The zero-order valence-electron chi connectivity index (χ0n) is 15.1. The van der Waals surface area contributed by atoms with Crippen LogP contribution in [0.4, 0.5) is 0 Å². The van der Waals surface area contributed by atoms with E-state index >= 15 is 0 Å². The molecule has 0 saturated heterocycles. The average molecular weight is 370 g/mol. The minimum atomic E-state index is -2.02. The van der Waals surface area contributed by atoms with Crippen LogP contribution in [0.5, 0.6) is 0 Å². The van der Waals surface area contributed by atoms with Gasteiger partial charge in [-0.3, -0.25) is 9.59 Å². The molecular formula is C19H23BN2O5. The summed E-state index contributed by atoms with van der Waals surface area (Å²) in [5.74, 6) is -0.710. The van der Waals surface area contributed by atoms with Gasteiger partial charge in [0.15, 0.2) is 0 Å². The van der Waals surface area contributed by atoms with Crippen LogP contribution in [0.15, 0.2) is 60.7 Å². The summed E-state index contributed by atoms with van der Waals surface area (Å²) in [6.07, 6.45) is -0.686. The van der Waals surface area contributed by atoms with Crippen molar-refractivity contribution in [2.45, 2.75) is 19.6 Å². The number of likely N-dealkylation sites (N-methyl/N-ethyl adjacent to an activating group) is 1. The first-order chi connectivity index (χ1) is 13.0. The SMILES string of the molecule is CCN(CC(=O)N[C@@H](Cc1ccccc1)OB(O)O)C(=O)c1ccccc1. The van der Waals surface area contributed by atoms with E-state index in [2.05, 4.69) is 5.32 Å². The molecular weight excluding hydrogens is 347 g/mol.